The first-order chi connectivity index (χ1) is 9.82. The number of ether oxygens (including phenoxy) is 1. The van der Waals surface area contributed by atoms with Crippen LogP contribution in [-0.2, 0) is 10.0 Å². The molecule has 0 bridgehead atoms. The van der Waals surface area contributed by atoms with Crippen molar-refractivity contribution in [2.24, 2.45) is 5.14 Å². The van der Waals surface area contributed by atoms with Crippen LogP contribution in [0.15, 0.2) is 17.0 Å². The predicted octanol–water partition coefficient (Wildman–Crippen LogP) is 1.67. The summed E-state index contributed by atoms with van der Waals surface area (Å²) >= 11 is 5.89. The van der Waals surface area contributed by atoms with Crippen LogP contribution in [0.25, 0.3) is 0 Å². The number of primary sulfonamides is 1. The van der Waals surface area contributed by atoms with Crippen molar-refractivity contribution in [1.29, 1.82) is 0 Å². The average Bonchev–Trinajstić information content (AvgIpc) is 2.89. The Morgan fingerprint density at radius 3 is 2.52 bits per heavy atom. The maximum atomic E-state index is 12.3. The number of nitrogens with two attached hydrogens (primary N) is 1. The molecule has 1 fully saturated rings. The summed E-state index contributed by atoms with van der Waals surface area (Å²) < 4.78 is 28.2. The van der Waals surface area contributed by atoms with Crippen LogP contribution in [0.3, 0.4) is 0 Å². The Morgan fingerprint density at radius 2 is 2.00 bits per heavy atom. The molecule has 1 aliphatic rings. The SMILES string of the molecule is COc1c(C(=O)NC2CCCC2)cc(Cl)cc1S(N)(=O)=O. The van der Waals surface area contributed by atoms with Gasteiger partial charge in [0.2, 0.25) is 10.0 Å². The lowest BCUT2D eigenvalue weighted by Crippen LogP contribution is -2.33. The molecule has 0 heterocycles. The molecular weight excluding hydrogens is 316 g/mol. The van der Waals surface area contributed by atoms with E-state index in [4.69, 9.17) is 21.5 Å². The van der Waals surface area contributed by atoms with Crippen molar-refractivity contribution < 1.29 is 17.9 Å². The lowest BCUT2D eigenvalue weighted by Gasteiger charge is -2.16. The van der Waals surface area contributed by atoms with Gasteiger partial charge in [-0.05, 0) is 25.0 Å². The van der Waals surface area contributed by atoms with Crippen LogP contribution in [0.4, 0.5) is 0 Å². The van der Waals surface area contributed by atoms with Gasteiger partial charge in [0.15, 0.2) is 5.75 Å². The van der Waals surface area contributed by atoms with E-state index in [-0.39, 0.29) is 27.3 Å². The summed E-state index contributed by atoms with van der Waals surface area (Å²) in [6.07, 6.45) is 3.97. The maximum Gasteiger partial charge on any atom is 0.255 e. The third-order valence-corrected chi connectivity index (χ3v) is 4.60. The molecule has 0 aromatic heterocycles. The van der Waals surface area contributed by atoms with Crippen molar-refractivity contribution in [2.75, 3.05) is 7.11 Å². The molecule has 0 spiro atoms. The zero-order valence-electron chi connectivity index (χ0n) is 11.6. The Hall–Kier alpha value is -1.31. The Morgan fingerprint density at radius 1 is 1.38 bits per heavy atom. The van der Waals surface area contributed by atoms with E-state index in [1.54, 1.807) is 0 Å². The smallest absolute Gasteiger partial charge is 0.255 e. The zero-order valence-corrected chi connectivity index (χ0v) is 13.1. The Labute approximate surface area is 128 Å². The van der Waals surface area contributed by atoms with Crippen molar-refractivity contribution >= 4 is 27.5 Å². The highest BCUT2D eigenvalue weighted by Gasteiger charge is 2.25. The van der Waals surface area contributed by atoms with E-state index in [1.807, 2.05) is 0 Å². The van der Waals surface area contributed by atoms with Crippen LogP contribution in [-0.4, -0.2) is 27.5 Å². The second-order valence-corrected chi connectivity index (χ2v) is 6.95. The molecule has 0 saturated heterocycles. The summed E-state index contributed by atoms with van der Waals surface area (Å²) in [7, 11) is -2.76. The monoisotopic (exact) mass is 332 g/mol. The molecular formula is C13H17ClN2O4S. The minimum atomic E-state index is -4.04. The molecule has 1 aromatic rings. The molecule has 0 aliphatic heterocycles. The van der Waals surface area contributed by atoms with Gasteiger partial charge in [0.1, 0.15) is 4.90 Å². The first kappa shape index (κ1) is 16.1. The highest BCUT2D eigenvalue weighted by atomic mass is 35.5. The summed E-state index contributed by atoms with van der Waals surface area (Å²) in [5, 5.41) is 8.11. The van der Waals surface area contributed by atoms with Crippen LogP contribution < -0.4 is 15.2 Å². The van der Waals surface area contributed by atoms with Crippen molar-refractivity contribution in [1.82, 2.24) is 5.32 Å². The molecule has 0 radical (unpaired) electrons. The van der Waals surface area contributed by atoms with E-state index in [2.05, 4.69) is 5.32 Å². The van der Waals surface area contributed by atoms with E-state index < -0.39 is 15.9 Å². The van der Waals surface area contributed by atoms with Crippen molar-refractivity contribution in [3.8, 4) is 5.75 Å². The summed E-state index contributed by atoms with van der Waals surface area (Å²) in [5.74, 6) is -0.497. The van der Waals surface area contributed by atoms with Crippen molar-refractivity contribution in [3.63, 3.8) is 0 Å². The fourth-order valence-corrected chi connectivity index (χ4v) is 3.52. The van der Waals surface area contributed by atoms with Crippen LogP contribution in [0.1, 0.15) is 36.0 Å². The fourth-order valence-electron chi connectivity index (χ4n) is 2.49. The molecule has 0 atom stereocenters. The highest BCUT2D eigenvalue weighted by Crippen LogP contribution is 2.31. The first-order valence-electron chi connectivity index (χ1n) is 6.54. The van der Waals surface area contributed by atoms with Gasteiger partial charge in [0.25, 0.3) is 5.91 Å². The maximum absolute atomic E-state index is 12.3. The first-order valence-corrected chi connectivity index (χ1v) is 8.46. The fraction of sp³-hybridized carbons (Fsp3) is 0.462. The summed E-state index contributed by atoms with van der Waals surface area (Å²) in [5.41, 5.74) is 0.0703. The third kappa shape index (κ3) is 3.66. The number of carbonyl (C=O) groups is 1. The molecule has 21 heavy (non-hydrogen) atoms. The molecule has 116 valence electrons. The van der Waals surface area contributed by atoms with Gasteiger partial charge in [-0.2, -0.15) is 0 Å². The average molecular weight is 333 g/mol. The minimum absolute atomic E-state index is 0.0703. The number of nitrogens with one attached hydrogen (secondary N) is 1. The molecule has 6 nitrogen and oxygen atoms in total. The van der Waals surface area contributed by atoms with Crippen LogP contribution in [0.2, 0.25) is 5.02 Å². The van der Waals surface area contributed by atoms with Gasteiger partial charge in [0.05, 0.1) is 12.7 Å². The second kappa shape index (κ2) is 6.21. The Kier molecular flexibility index (Phi) is 4.75. The lowest BCUT2D eigenvalue weighted by molar-refractivity contribution is 0.0934. The third-order valence-electron chi connectivity index (χ3n) is 3.47. The number of halogens is 1. The van der Waals surface area contributed by atoms with E-state index in [0.717, 1.165) is 25.7 Å². The number of hydrogen-bond donors (Lipinski definition) is 2. The zero-order chi connectivity index (χ0) is 15.6. The van der Waals surface area contributed by atoms with E-state index >= 15 is 0 Å². The number of sulfonamides is 1. The summed E-state index contributed by atoms with van der Waals surface area (Å²) in [6.45, 7) is 0. The van der Waals surface area contributed by atoms with Crippen LogP contribution in [0.5, 0.6) is 5.75 Å². The van der Waals surface area contributed by atoms with Gasteiger partial charge in [0, 0.05) is 11.1 Å². The van der Waals surface area contributed by atoms with Crippen LogP contribution in [0, 0.1) is 0 Å². The number of amides is 1. The van der Waals surface area contributed by atoms with Crippen molar-refractivity contribution in [3.05, 3.63) is 22.7 Å². The van der Waals surface area contributed by atoms with Gasteiger partial charge < -0.3 is 10.1 Å². The van der Waals surface area contributed by atoms with Gasteiger partial charge in [-0.1, -0.05) is 24.4 Å². The number of rotatable bonds is 4. The topological polar surface area (TPSA) is 98.5 Å². The van der Waals surface area contributed by atoms with E-state index in [0.29, 0.717) is 0 Å². The summed E-state index contributed by atoms with van der Waals surface area (Å²) in [4.78, 5) is 12.0. The molecule has 8 heteroatoms. The summed E-state index contributed by atoms with van der Waals surface area (Å²) in [6, 6.07) is 2.64. The quantitative estimate of drug-likeness (QED) is 0.876. The van der Waals surface area contributed by atoms with Gasteiger partial charge in [-0.3, -0.25) is 4.79 Å². The predicted molar refractivity (Wildman–Crippen MR) is 79.1 cm³/mol. The second-order valence-electron chi connectivity index (χ2n) is 4.98. The lowest BCUT2D eigenvalue weighted by atomic mass is 10.1. The van der Waals surface area contributed by atoms with Gasteiger partial charge >= 0.3 is 0 Å². The molecule has 2 rings (SSSR count). The molecule has 1 saturated carbocycles. The molecule has 1 amide bonds. The molecule has 1 aliphatic carbocycles. The largest absolute Gasteiger partial charge is 0.494 e. The van der Waals surface area contributed by atoms with Gasteiger partial charge in [-0.25, -0.2) is 13.6 Å². The Balaban J connectivity index is 2.42. The highest BCUT2D eigenvalue weighted by molar-refractivity contribution is 7.89. The number of benzene rings is 1. The number of hydrogen-bond acceptors (Lipinski definition) is 4. The standard InChI is InChI=1S/C13H17ClN2O4S/c1-20-12-10(13(17)16-9-4-2-3-5-9)6-8(14)7-11(12)21(15,18)19/h6-7,9H,2-5H2,1H3,(H,16,17)(H2,15,18,19). The van der Waals surface area contributed by atoms with E-state index in [1.165, 1.54) is 19.2 Å². The minimum Gasteiger partial charge on any atom is -0.494 e. The van der Waals surface area contributed by atoms with Gasteiger partial charge in [-0.15, -0.1) is 0 Å². The van der Waals surface area contributed by atoms with Crippen molar-refractivity contribution in [2.45, 2.75) is 36.6 Å². The normalized spacial score (nSPS) is 16.0. The number of methoxy groups -OCH3 is 1. The van der Waals surface area contributed by atoms with Crippen LogP contribution >= 0.6 is 11.6 Å². The van der Waals surface area contributed by atoms with E-state index in [9.17, 15) is 13.2 Å². The number of carbonyl (C=O) groups excluding carboxylic acids is 1. The Bertz CT molecular complexity index is 654. The molecule has 1 aromatic carbocycles. The molecule has 3 N–H and O–H groups in total. The molecule has 0 unspecified atom stereocenters.